The van der Waals surface area contributed by atoms with Crippen LogP contribution in [0.25, 0.3) is 0 Å². The van der Waals surface area contributed by atoms with Crippen molar-refractivity contribution in [1.29, 1.82) is 0 Å². The van der Waals surface area contributed by atoms with E-state index >= 15 is 0 Å². The third-order valence-electron chi connectivity index (χ3n) is 3.08. The van der Waals surface area contributed by atoms with Crippen molar-refractivity contribution >= 4 is 58.1 Å². The van der Waals surface area contributed by atoms with Crippen LogP contribution < -0.4 is 4.42 Å². The highest BCUT2D eigenvalue weighted by Crippen LogP contribution is 2.42. The molecule has 1 aromatic carbocycles. The van der Waals surface area contributed by atoms with E-state index in [9.17, 15) is 9.90 Å². The number of alkyl halides is 1. The maximum Gasteiger partial charge on any atom is 0.184 e. The van der Waals surface area contributed by atoms with Crippen LogP contribution in [0.4, 0.5) is 5.69 Å². The molecule has 0 unspecified atom stereocenters. The molecule has 1 aliphatic rings. The van der Waals surface area contributed by atoms with E-state index in [4.69, 9.17) is 46.6 Å². The number of hydrogen-bond acceptors (Lipinski definition) is 3. The van der Waals surface area contributed by atoms with Crippen molar-refractivity contribution in [3.8, 4) is 5.75 Å². The number of anilines is 1. The minimum absolute atomic E-state index is 0.0525. The lowest BCUT2D eigenvalue weighted by Crippen LogP contribution is -2.37. The van der Waals surface area contributed by atoms with Crippen molar-refractivity contribution in [1.82, 2.24) is 0 Å². The lowest BCUT2D eigenvalue weighted by Gasteiger charge is -2.33. The number of phenolic OH excluding ortho intramolecular Hbond substituents is 1. The quantitative estimate of drug-likeness (QED) is 0.451. The Balaban J connectivity index is 2.49. The molecule has 112 valence electrons. The monoisotopic (exact) mass is 365 g/mol. The SMILES string of the molecule is CC1=CC(Cl)(N(Cl)c2cc(Cl)c(O)c(Cl)c2)C=C(C)C1=O. The highest BCUT2D eigenvalue weighted by atomic mass is 35.5. The predicted molar refractivity (Wildman–Crippen MR) is 87.6 cm³/mol. The molecule has 1 aliphatic carbocycles. The second-order valence-electron chi connectivity index (χ2n) is 4.75. The van der Waals surface area contributed by atoms with E-state index in [1.807, 2.05) is 0 Å². The third kappa shape index (κ3) is 3.02. The van der Waals surface area contributed by atoms with Gasteiger partial charge in [0.25, 0.3) is 0 Å². The lowest BCUT2D eigenvalue weighted by atomic mass is 9.95. The van der Waals surface area contributed by atoms with E-state index in [-0.39, 0.29) is 21.6 Å². The van der Waals surface area contributed by atoms with Crippen LogP contribution in [0.5, 0.6) is 5.75 Å². The summed E-state index contributed by atoms with van der Waals surface area (Å²) in [5, 5.41) is 9.68. The summed E-state index contributed by atoms with van der Waals surface area (Å²) >= 11 is 24.6. The predicted octanol–water partition coefficient (Wildman–Crippen LogP) is 5.07. The van der Waals surface area contributed by atoms with Crippen LogP contribution in [0, 0.1) is 0 Å². The van der Waals surface area contributed by atoms with Crippen LogP contribution in [-0.4, -0.2) is 15.9 Å². The van der Waals surface area contributed by atoms with Gasteiger partial charge in [-0.25, -0.2) is 0 Å². The fraction of sp³-hybridized carbons (Fsp3) is 0.214. The Bertz CT molecular complexity index is 637. The molecule has 0 aliphatic heterocycles. The molecular weight excluding hydrogens is 356 g/mol. The molecule has 7 heteroatoms. The minimum Gasteiger partial charge on any atom is -0.505 e. The minimum atomic E-state index is -1.23. The molecule has 1 aromatic rings. The fourth-order valence-corrected chi connectivity index (χ4v) is 3.16. The third-order valence-corrected chi connectivity index (χ3v) is 4.61. The average Bonchev–Trinajstić information content (AvgIpc) is 2.40. The van der Waals surface area contributed by atoms with E-state index in [1.165, 1.54) is 16.6 Å². The number of phenols is 1. The second-order valence-corrected chi connectivity index (χ2v) is 6.51. The topological polar surface area (TPSA) is 40.5 Å². The summed E-state index contributed by atoms with van der Waals surface area (Å²) in [6.07, 6.45) is 3.09. The molecule has 0 saturated heterocycles. The van der Waals surface area contributed by atoms with Crippen LogP contribution in [0.3, 0.4) is 0 Å². The Kier molecular flexibility index (Phi) is 4.50. The molecular formula is C14H11Cl4NO2. The molecule has 0 bridgehead atoms. The zero-order chi connectivity index (χ0) is 15.9. The number of carbonyl (C=O) groups is 1. The van der Waals surface area contributed by atoms with Crippen molar-refractivity contribution < 1.29 is 9.90 Å². The number of nitrogens with zero attached hydrogens (tertiary/aromatic N) is 1. The molecule has 0 aromatic heterocycles. The average molecular weight is 367 g/mol. The Labute approximate surface area is 142 Å². The normalized spacial score (nSPS) is 17.3. The number of carbonyl (C=O) groups excluding carboxylic acids is 1. The number of halogens is 4. The number of Topliss-reactive ketones (excluding diaryl/α,β-unsaturated/α-hetero) is 1. The van der Waals surface area contributed by atoms with Gasteiger partial charge in [-0.1, -0.05) is 34.8 Å². The van der Waals surface area contributed by atoms with Crippen molar-refractivity contribution in [2.24, 2.45) is 0 Å². The Morgan fingerprint density at radius 3 is 1.95 bits per heavy atom. The summed E-state index contributed by atoms with van der Waals surface area (Å²) in [7, 11) is 0. The Morgan fingerprint density at radius 2 is 1.52 bits per heavy atom. The standard InChI is InChI=1S/C14H11Cl4NO2/c1-7-5-14(17,6-8(2)12(7)20)19(18)9-3-10(15)13(21)11(16)4-9/h3-6,21H,1-2H3. The van der Waals surface area contributed by atoms with Gasteiger partial charge in [-0.2, -0.15) is 0 Å². The van der Waals surface area contributed by atoms with Crippen molar-refractivity contribution in [3.05, 3.63) is 45.5 Å². The smallest absolute Gasteiger partial charge is 0.184 e. The fourth-order valence-electron chi connectivity index (χ4n) is 2.07. The van der Waals surface area contributed by atoms with Crippen LogP contribution in [0.15, 0.2) is 35.4 Å². The van der Waals surface area contributed by atoms with Crippen molar-refractivity contribution in [2.45, 2.75) is 18.8 Å². The number of aromatic hydroxyl groups is 1. The first-order valence-electron chi connectivity index (χ1n) is 5.92. The molecule has 0 spiro atoms. The van der Waals surface area contributed by atoms with Crippen LogP contribution in [0.1, 0.15) is 13.8 Å². The molecule has 0 atom stereocenters. The maximum atomic E-state index is 11.8. The van der Waals surface area contributed by atoms with Gasteiger partial charge in [-0.3, -0.25) is 9.21 Å². The molecule has 3 nitrogen and oxygen atoms in total. The first kappa shape index (κ1) is 16.5. The highest BCUT2D eigenvalue weighted by molar-refractivity contribution is 6.40. The van der Waals surface area contributed by atoms with Crippen LogP contribution in [0.2, 0.25) is 10.0 Å². The highest BCUT2D eigenvalue weighted by Gasteiger charge is 2.35. The summed E-state index contributed by atoms with van der Waals surface area (Å²) in [6, 6.07) is 2.87. The van der Waals surface area contributed by atoms with Gasteiger partial charge in [-0.15, -0.1) is 0 Å². The molecule has 2 rings (SSSR count). The van der Waals surface area contributed by atoms with Gasteiger partial charge in [0.15, 0.2) is 16.5 Å². The van der Waals surface area contributed by atoms with Gasteiger partial charge < -0.3 is 5.11 Å². The van der Waals surface area contributed by atoms with Gasteiger partial charge in [0.05, 0.1) is 15.7 Å². The maximum absolute atomic E-state index is 11.8. The molecule has 0 fully saturated rings. The zero-order valence-corrected chi connectivity index (χ0v) is 14.1. The number of ketones is 1. The number of allylic oxidation sites excluding steroid dienone is 2. The van der Waals surface area contributed by atoms with Gasteiger partial charge in [0.2, 0.25) is 0 Å². The van der Waals surface area contributed by atoms with Crippen molar-refractivity contribution in [3.63, 3.8) is 0 Å². The first-order valence-corrected chi connectivity index (χ1v) is 7.39. The lowest BCUT2D eigenvalue weighted by molar-refractivity contribution is -0.112. The van der Waals surface area contributed by atoms with E-state index in [0.717, 1.165) is 0 Å². The summed E-state index contributed by atoms with van der Waals surface area (Å²) in [5.74, 6) is -0.314. The van der Waals surface area contributed by atoms with E-state index in [2.05, 4.69) is 0 Å². The molecule has 0 saturated carbocycles. The molecule has 1 N–H and O–H groups in total. The largest absolute Gasteiger partial charge is 0.505 e. The molecule has 21 heavy (non-hydrogen) atoms. The number of hydrogen-bond donors (Lipinski definition) is 1. The zero-order valence-electron chi connectivity index (χ0n) is 11.1. The second kappa shape index (κ2) is 5.73. The van der Waals surface area contributed by atoms with E-state index in [1.54, 1.807) is 26.0 Å². The van der Waals surface area contributed by atoms with Gasteiger partial charge >= 0.3 is 0 Å². The van der Waals surface area contributed by atoms with Gasteiger partial charge in [0.1, 0.15) is 0 Å². The van der Waals surface area contributed by atoms with Crippen molar-refractivity contribution in [2.75, 3.05) is 4.42 Å². The van der Waals surface area contributed by atoms with E-state index < -0.39 is 5.00 Å². The van der Waals surface area contributed by atoms with Crippen LogP contribution in [-0.2, 0) is 4.79 Å². The van der Waals surface area contributed by atoms with Gasteiger partial charge in [0, 0.05) is 11.8 Å². The number of benzene rings is 1. The Hall–Kier alpha value is -0.870. The summed E-state index contributed by atoms with van der Waals surface area (Å²) < 4.78 is 1.20. The summed E-state index contributed by atoms with van der Waals surface area (Å²) in [4.78, 5) is 10.6. The first-order chi connectivity index (χ1) is 9.65. The molecule has 0 amide bonds. The molecule has 0 radical (unpaired) electrons. The summed E-state index contributed by atoms with van der Waals surface area (Å²) in [5.41, 5.74) is 1.38. The van der Waals surface area contributed by atoms with Crippen LogP contribution >= 0.6 is 46.6 Å². The Morgan fingerprint density at radius 1 is 1.10 bits per heavy atom. The van der Waals surface area contributed by atoms with E-state index in [0.29, 0.717) is 16.8 Å². The number of rotatable bonds is 2. The molecule has 0 heterocycles. The van der Waals surface area contributed by atoms with Gasteiger partial charge in [-0.05, 0) is 49.3 Å². The summed E-state index contributed by atoms with van der Waals surface area (Å²) in [6.45, 7) is 3.33.